The summed E-state index contributed by atoms with van der Waals surface area (Å²) in [6.07, 6.45) is -4.54. The molecule has 1 amide bonds. The molecule has 13 heteroatoms. The number of alkyl halides is 3. The first-order valence-electron chi connectivity index (χ1n) is 9.24. The summed E-state index contributed by atoms with van der Waals surface area (Å²) in [7, 11) is 1.77. The summed E-state index contributed by atoms with van der Waals surface area (Å²) in [5.74, 6) is 1.33. The van der Waals surface area contributed by atoms with Crippen molar-refractivity contribution in [2.24, 2.45) is 7.05 Å². The van der Waals surface area contributed by atoms with Gasteiger partial charge in [0, 0.05) is 22.8 Å². The normalized spacial score (nSPS) is 11.6. The summed E-state index contributed by atoms with van der Waals surface area (Å²) in [4.78, 5) is 12.2. The van der Waals surface area contributed by atoms with E-state index in [1.807, 2.05) is 6.07 Å². The number of halogens is 6. The average molecular weight is 556 g/mol. The molecule has 3 rings (SSSR count). The third-order valence-corrected chi connectivity index (χ3v) is 7.24. The van der Waals surface area contributed by atoms with E-state index in [1.54, 1.807) is 35.5 Å². The smallest absolute Gasteiger partial charge is 0.324 e. The molecule has 33 heavy (non-hydrogen) atoms. The standard InChI is InChI=1S/C20H16Cl3F3N4OS2/c1-30-17(9-32-8-11-2-4-13(21)7-15(11)23)28-29-19(30)33-10-18(31)27-16-6-12(20(24,25)26)3-5-14(16)22/h2-7H,8-10H2,1H3,(H,27,31). The van der Waals surface area contributed by atoms with Crippen molar-refractivity contribution in [3.05, 3.63) is 68.4 Å². The van der Waals surface area contributed by atoms with E-state index in [-0.39, 0.29) is 16.5 Å². The Morgan fingerprint density at radius 3 is 2.52 bits per heavy atom. The van der Waals surface area contributed by atoms with Crippen molar-refractivity contribution in [1.29, 1.82) is 0 Å². The fourth-order valence-corrected chi connectivity index (χ4v) is 5.06. The van der Waals surface area contributed by atoms with Gasteiger partial charge in [-0.3, -0.25) is 4.79 Å². The molecule has 0 fully saturated rings. The van der Waals surface area contributed by atoms with Gasteiger partial charge in [0.2, 0.25) is 5.91 Å². The SMILES string of the molecule is Cn1c(CSCc2ccc(Cl)cc2Cl)nnc1SCC(=O)Nc1cc(C(F)(F)F)ccc1Cl. The van der Waals surface area contributed by atoms with Gasteiger partial charge in [0.1, 0.15) is 5.82 Å². The number of anilines is 1. The Hall–Kier alpha value is -1.59. The molecule has 0 radical (unpaired) electrons. The number of carbonyl (C=O) groups excluding carboxylic acids is 1. The van der Waals surface area contributed by atoms with Crippen LogP contribution in [0.2, 0.25) is 15.1 Å². The Labute approximate surface area is 211 Å². The third-order valence-electron chi connectivity index (χ3n) is 4.33. The van der Waals surface area contributed by atoms with Crippen molar-refractivity contribution in [3.63, 3.8) is 0 Å². The lowest BCUT2D eigenvalue weighted by Gasteiger charge is -2.11. The number of benzene rings is 2. The molecular formula is C20H16Cl3F3N4OS2. The highest BCUT2D eigenvalue weighted by atomic mass is 35.5. The van der Waals surface area contributed by atoms with E-state index < -0.39 is 17.6 Å². The molecule has 3 aromatic rings. The van der Waals surface area contributed by atoms with Gasteiger partial charge in [-0.2, -0.15) is 13.2 Å². The van der Waals surface area contributed by atoms with Crippen molar-refractivity contribution < 1.29 is 18.0 Å². The van der Waals surface area contributed by atoms with Crippen molar-refractivity contribution in [1.82, 2.24) is 14.8 Å². The summed E-state index contributed by atoms with van der Waals surface area (Å²) < 4.78 is 40.4. The van der Waals surface area contributed by atoms with Crippen molar-refractivity contribution in [2.45, 2.75) is 22.8 Å². The Balaban J connectivity index is 1.53. The molecule has 0 aliphatic carbocycles. The molecule has 0 bridgehead atoms. The lowest BCUT2D eigenvalue weighted by atomic mass is 10.2. The fraction of sp³-hybridized carbons (Fsp3) is 0.250. The molecule has 5 nitrogen and oxygen atoms in total. The highest BCUT2D eigenvalue weighted by molar-refractivity contribution is 7.99. The number of amides is 1. The van der Waals surface area contributed by atoms with Gasteiger partial charge < -0.3 is 9.88 Å². The number of thioether (sulfide) groups is 2. The lowest BCUT2D eigenvalue weighted by Crippen LogP contribution is -2.16. The Morgan fingerprint density at radius 2 is 1.82 bits per heavy atom. The van der Waals surface area contributed by atoms with E-state index >= 15 is 0 Å². The van der Waals surface area contributed by atoms with Crippen molar-refractivity contribution in [3.8, 4) is 0 Å². The van der Waals surface area contributed by atoms with Gasteiger partial charge in [-0.15, -0.1) is 22.0 Å². The van der Waals surface area contributed by atoms with E-state index in [1.165, 1.54) is 0 Å². The van der Waals surface area contributed by atoms with Gasteiger partial charge in [-0.1, -0.05) is 52.6 Å². The van der Waals surface area contributed by atoms with E-state index in [9.17, 15) is 18.0 Å². The molecular weight excluding hydrogens is 540 g/mol. The van der Waals surface area contributed by atoms with E-state index in [2.05, 4.69) is 15.5 Å². The molecule has 1 N–H and O–H groups in total. The minimum absolute atomic E-state index is 0.0140. The highest BCUT2D eigenvalue weighted by Gasteiger charge is 2.31. The minimum Gasteiger partial charge on any atom is -0.324 e. The first-order chi connectivity index (χ1) is 15.5. The summed E-state index contributed by atoms with van der Waals surface area (Å²) >= 11 is 20.7. The first-order valence-corrected chi connectivity index (χ1v) is 12.5. The van der Waals surface area contributed by atoms with Crippen molar-refractivity contribution >= 4 is 69.9 Å². The number of hydrogen-bond acceptors (Lipinski definition) is 5. The number of nitrogens with one attached hydrogen (secondary N) is 1. The van der Waals surface area contributed by atoms with Gasteiger partial charge >= 0.3 is 6.18 Å². The van der Waals surface area contributed by atoms with Gasteiger partial charge in [0.05, 0.1) is 27.8 Å². The molecule has 0 spiro atoms. The van der Waals surface area contributed by atoms with Gasteiger partial charge in [-0.05, 0) is 35.9 Å². The highest BCUT2D eigenvalue weighted by Crippen LogP contribution is 2.34. The average Bonchev–Trinajstić information content (AvgIpc) is 3.08. The van der Waals surface area contributed by atoms with Crippen LogP contribution in [0.4, 0.5) is 18.9 Å². The Morgan fingerprint density at radius 1 is 1.06 bits per heavy atom. The number of aromatic nitrogens is 3. The van der Waals surface area contributed by atoms with Crippen LogP contribution in [0, 0.1) is 0 Å². The van der Waals surface area contributed by atoms with Gasteiger partial charge in [0.25, 0.3) is 0 Å². The second-order valence-electron chi connectivity index (χ2n) is 6.72. The molecule has 1 aromatic heterocycles. The summed E-state index contributed by atoms with van der Waals surface area (Å²) in [5.41, 5.74) is -0.0500. The maximum Gasteiger partial charge on any atom is 0.416 e. The van der Waals surface area contributed by atoms with Crippen LogP contribution in [0.3, 0.4) is 0 Å². The second-order valence-corrected chi connectivity index (χ2v) is 9.89. The molecule has 1 heterocycles. The van der Waals surface area contributed by atoms with E-state index in [4.69, 9.17) is 34.8 Å². The van der Waals surface area contributed by atoms with Gasteiger partial charge in [-0.25, -0.2) is 0 Å². The molecule has 2 aromatic carbocycles. The second kappa shape index (κ2) is 11.2. The third kappa shape index (κ3) is 7.19. The van der Waals surface area contributed by atoms with Gasteiger partial charge in [0.15, 0.2) is 5.16 Å². The quantitative estimate of drug-likeness (QED) is 0.305. The molecule has 0 atom stereocenters. The van der Waals surface area contributed by atoms with Crippen LogP contribution in [0.15, 0.2) is 41.6 Å². The molecule has 0 aliphatic heterocycles. The van der Waals surface area contributed by atoms with Crippen molar-refractivity contribution in [2.75, 3.05) is 11.1 Å². The monoisotopic (exact) mass is 554 g/mol. The van der Waals surface area contributed by atoms with Crippen LogP contribution >= 0.6 is 58.3 Å². The van der Waals surface area contributed by atoms with Crippen LogP contribution in [0.1, 0.15) is 17.0 Å². The van der Waals surface area contributed by atoms with Crippen LogP contribution in [0.25, 0.3) is 0 Å². The maximum atomic E-state index is 12.9. The summed E-state index contributed by atoms with van der Waals surface area (Å²) in [6.45, 7) is 0. The number of rotatable bonds is 8. The topological polar surface area (TPSA) is 59.8 Å². The predicted molar refractivity (Wildman–Crippen MR) is 128 cm³/mol. The summed E-state index contributed by atoms with van der Waals surface area (Å²) in [5, 5.41) is 12.3. The molecule has 176 valence electrons. The lowest BCUT2D eigenvalue weighted by molar-refractivity contribution is -0.137. The molecule has 0 saturated carbocycles. The number of hydrogen-bond donors (Lipinski definition) is 1. The number of nitrogens with zero attached hydrogens (tertiary/aromatic N) is 3. The zero-order valence-corrected chi connectivity index (χ0v) is 20.8. The fourth-order valence-electron chi connectivity index (χ4n) is 2.60. The Bertz CT molecular complexity index is 1160. The van der Waals surface area contributed by atoms with Crippen LogP contribution in [-0.2, 0) is 29.5 Å². The molecule has 0 unspecified atom stereocenters. The summed E-state index contributed by atoms with van der Waals surface area (Å²) in [6, 6.07) is 8.08. The largest absolute Gasteiger partial charge is 0.416 e. The minimum atomic E-state index is -4.54. The molecule has 0 saturated heterocycles. The first kappa shape index (κ1) is 26.0. The maximum absolute atomic E-state index is 12.9. The van der Waals surface area contributed by atoms with Crippen LogP contribution in [0.5, 0.6) is 0 Å². The zero-order valence-electron chi connectivity index (χ0n) is 16.9. The molecule has 0 aliphatic rings. The predicted octanol–water partition coefficient (Wildman–Crippen LogP) is 6.96. The van der Waals surface area contributed by atoms with Crippen LogP contribution in [-0.4, -0.2) is 26.4 Å². The Kier molecular flexibility index (Phi) is 8.85. The van der Waals surface area contributed by atoms with Crippen LogP contribution < -0.4 is 5.32 Å². The number of carbonyl (C=O) groups is 1. The van der Waals surface area contributed by atoms with E-state index in [0.717, 1.165) is 35.5 Å². The zero-order chi connectivity index (χ0) is 24.2. The van der Waals surface area contributed by atoms with E-state index in [0.29, 0.717) is 32.5 Å².